The number of benzene rings is 1. The van der Waals surface area contributed by atoms with Crippen molar-refractivity contribution in [1.29, 1.82) is 0 Å². The molecule has 32 heavy (non-hydrogen) atoms. The number of ether oxygens (including phenoxy) is 3. The Hall–Kier alpha value is -3.49. The minimum atomic E-state index is -0.458. The number of esters is 1. The van der Waals surface area contributed by atoms with Crippen LogP contribution in [0.4, 0.5) is 0 Å². The Morgan fingerprint density at radius 1 is 0.938 bits per heavy atom. The fourth-order valence-corrected chi connectivity index (χ4v) is 3.94. The number of rotatable bonds is 6. The van der Waals surface area contributed by atoms with Crippen LogP contribution in [-0.2, 0) is 11.2 Å². The number of hydrogen-bond acceptors (Lipinski definition) is 6. The van der Waals surface area contributed by atoms with Gasteiger partial charge in [0.2, 0.25) is 0 Å². The zero-order chi connectivity index (χ0) is 23.4. The Bertz CT molecular complexity index is 1020. The Balaban J connectivity index is 1.71. The number of carbonyl (C=O) groups is 3. The highest BCUT2D eigenvalue weighted by Gasteiger charge is 2.30. The summed E-state index contributed by atoms with van der Waals surface area (Å²) in [5.74, 6) is 0.266. The highest BCUT2D eigenvalue weighted by Crippen LogP contribution is 2.28. The van der Waals surface area contributed by atoms with Crippen LogP contribution >= 0.6 is 0 Å². The molecule has 1 aliphatic rings. The van der Waals surface area contributed by atoms with Crippen molar-refractivity contribution in [3.05, 3.63) is 46.3 Å². The van der Waals surface area contributed by atoms with Gasteiger partial charge in [-0.2, -0.15) is 0 Å². The summed E-state index contributed by atoms with van der Waals surface area (Å²) in [4.78, 5) is 44.7. The van der Waals surface area contributed by atoms with Crippen LogP contribution in [0.5, 0.6) is 11.5 Å². The molecule has 2 amide bonds. The van der Waals surface area contributed by atoms with Crippen LogP contribution in [0.15, 0.2) is 18.2 Å². The molecule has 2 heterocycles. The Kier molecular flexibility index (Phi) is 7.07. The molecule has 0 spiro atoms. The molecule has 0 radical (unpaired) electrons. The van der Waals surface area contributed by atoms with E-state index >= 15 is 0 Å². The molecule has 0 saturated carbocycles. The molecule has 9 nitrogen and oxygen atoms in total. The van der Waals surface area contributed by atoms with Gasteiger partial charge in [-0.25, -0.2) is 4.79 Å². The maximum atomic E-state index is 13.1. The number of nitrogens with zero attached hydrogens (tertiary/aromatic N) is 2. The molecule has 0 unspecified atom stereocenters. The van der Waals surface area contributed by atoms with Crippen LogP contribution in [0.25, 0.3) is 0 Å². The number of aromatic amines is 1. The lowest BCUT2D eigenvalue weighted by Gasteiger charge is -2.34. The first-order chi connectivity index (χ1) is 15.4. The van der Waals surface area contributed by atoms with Crippen molar-refractivity contribution in [2.75, 3.05) is 47.5 Å². The number of amides is 2. The molecule has 3 rings (SSSR count). The van der Waals surface area contributed by atoms with Gasteiger partial charge in [-0.05, 0) is 37.1 Å². The van der Waals surface area contributed by atoms with Crippen LogP contribution in [0, 0.1) is 6.92 Å². The number of aromatic nitrogens is 1. The first kappa shape index (κ1) is 23.2. The highest BCUT2D eigenvalue weighted by molar-refractivity contribution is 6.01. The van der Waals surface area contributed by atoms with Gasteiger partial charge in [-0.15, -0.1) is 0 Å². The van der Waals surface area contributed by atoms with E-state index in [-0.39, 0.29) is 11.8 Å². The van der Waals surface area contributed by atoms with Crippen molar-refractivity contribution < 1.29 is 28.6 Å². The summed E-state index contributed by atoms with van der Waals surface area (Å²) in [7, 11) is 4.39. The topological polar surface area (TPSA) is 101 Å². The van der Waals surface area contributed by atoms with Gasteiger partial charge in [-0.1, -0.05) is 6.92 Å². The molecular weight excluding hydrogens is 414 g/mol. The van der Waals surface area contributed by atoms with Gasteiger partial charge in [0.15, 0.2) is 11.5 Å². The molecular formula is C23H29N3O6. The summed E-state index contributed by atoms with van der Waals surface area (Å²) in [6.45, 7) is 5.25. The summed E-state index contributed by atoms with van der Waals surface area (Å²) in [6.07, 6.45) is 0.576. The molecule has 9 heteroatoms. The fraction of sp³-hybridized carbons (Fsp3) is 0.435. The first-order valence-corrected chi connectivity index (χ1v) is 10.5. The van der Waals surface area contributed by atoms with E-state index < -0.39 is 5.97 Å². The Morgan fingerprint density at radius 3 is 2.06 bits per heavy atom. The van der Waals surface area contributed by atoms with Gasteiger partial charge >= 0.3 is 5.97 Å². The average molecular weight is 444 g/mol. The standard InChI is InChI=1S/C23H29N3O6/c1-6-16-19(23(29)32-5)14(2)20(24-16)22(28)26-11-9-25(10-12-26)21(27)15-7-8-17(30-3)18(13-15)31-4/h7-8,13,24H,6,9-12H2,1-5H3. The Morgan fingerprint density at radius 2 is 1.53 bits per heavy atom. The van der Waals surface area contributed by atoms with Crippen LogP contribution in [-0.4, -0.2) is 80.1 Å². The number of methoxy groups -OCH3 is 3. The van der Waals surface area contributed by atoms with Gasteiger partial charge in [-0.3, -0.25) is 9.59 Å². The van der Waals surface area contributed by atoms with Crippen molar-refractivity contribution in [1.82, 2.24) is 14.8 Å². The number of H-pyrrole nitrogens is 1. The number of carbonyl (C=O) groups excluding carboxylic acids is 3. The summed E-state index contributed by atoms with van der Waals surface area (Å²) in [5, 5.41) is 0. The zero-order valence-corrected chi connectivity index (χ0v) is 19.1. The van der Waals surface area contributed by atoms with Gasteiger partial charge in [0.1, 0.15) is 5.69 Å². The summed E-state index contributed by atoms with van der Waals surface area (Å²) >= 11 is 0. The van der Waals surface area contributed by atoms with E-state index in [2.05, 4.69) is 4.98 Å². The summed E-state index contributed by atoms with van der Waals surface area (Å²) in [5.41, 5.74) is 2.57. The molecule has 0 bridgehead atoms. The van der Waals surface area contributed by atoms with Crippen LogP contribution in [0.3, 0.4) is 0 Å². The molecule has 1 fully saturated rings. The van der Waals surface area contributed by atoms with Crippen molar-refractivity contribution in [2.45, 2.75) is 20.3 Å². The minimum Gasteiger partial charge on any atom is -0.493 e. The second kappa shape index (κ2) is 9.76. The monoisotopic (exact) mass is 443 g/mol. The third-order valence-electron chi connectivity index (χ3n) is 5.77. The maximum absolute atomic E-state index is 13.1. The van der Waals surface area contributed by atoms with E-state index in [0.717, 1.165) is 0 Å². The third-order valence-corrected chi connectivity index (χ3v) is 5.77. The van der Waals surface area contributed by atoms with Crippen molar-refractivity contribution >= 4 is 17.8 Å². The van der Waals surface area contributed by atoms with Gasteiger partial charge in [0.05, 0.1) is 26.9 Å². The molecule has 1 N–H and O–H groups in total. The average Bonchev–Trinajstić information content (AvgIpc) is 3.18. The molecule has 1 aliphatic heterocycles. The Labute approximate surface area is 187 Å². The molecule has 2 aromatic rings. The van der Waals surface area contributed by atoms with Crippen molar-refractivity contribution in [3.63, 3.8) is 0 Å². The van der Waals surface area contributed by atoms with Gasteiger partial charge in [0, 0.05) is 37.4 Å². The quantitative estimate of drug-likeness (QED) is 0.688. The fourth-order valence-electron chi connectivity index (χ4n) is 3.94. The molecule has 0 atom stereocenters. The van der Waals surface area contributed by atoms with Crippen LogP contribution in [0.1, 0.15) is 49.4 Å². The normalized spacial score (nSPS) is 13.7. The molecule has 172 valence electrons. The summed E-state index contributed by atoms with van der Waals surface area (Å²) in [6, 6.07) is 5.05. The number of nitrogens with one attached hydrogen (secondary N) is 1. The smallest absolute Gasteiger partial charge is 0.339 e. The number of aryl methyl sites for hydroxylation is 1. The van der Waals surface area contributed by atoms with Crippen LogP contribution in [0.2, 0.25) is 0 Å². The maximum Gasteiger partial charge on any atom is 0.339 e. The van der Waals surface area contributed by atoms with E-state index in [1.807, 2.05) is 6.92 Å². The highest BCUT2D eigenvalue weighted by atomic mass is 16.5. The second-order valence-corrected chi connectivity index (χ2v) is 7.48. The van der Waals surface area contributed by atoms with E-state index in [9.17, 15) is 14.4 Å². The predicted octanol–water partition coefficient (Wildman–Crippen LogP) is 2.29. The minimum absolute atomic E-state index is 0.129. The summed E-state index contributed by atoms with van der Waals surface area (Å²) < 4.78 is 15.4. The van der Waals surface area contributed by atoms with Crippen molar-refractivity contribution in [3.8, 4) is 11.5 Å². The second-order valence-electron chi connectivity index (χ2n) is 7.48. The predicted molar refractivity (Wildman–Crippen MR) is 118 cm³/mol. The van der Waals surface area contributed by atoms with Crippen LogP contribution < -0.4 is 9.47 Å². The third kappa shape index (κ3) is 4.28. The van der Waals surface area contributed by atoms with E-state index in [1.54, 1.807) is 42.0 Å². The van der Waals surface area contributed by atoms with E-state index in [1.165, 1.54) is 14.2 Å². The number of hydrogen-bond donors (Lipinski definition) is 1. The molecule has 1 saturated heterocycles. The zero-order valence-electron chi connectivity index (χ0n) is 19.1. The van der Waals surface area contributed by atoms with Gasteiger partial charge in [0.25, 0.3) is 11.8 Å². The first-order valence-electron chi connectivity index (χ1n) is 10.5. The van der Waals surface area contributed by atoms with Crippen molar-refractivity contribution in [2.24, 2.45) is 0 Å². The molecule has 0 aliphatic carbocycles. The largest absolute Gasteiger partial charge is 0.493 e. The lowest BCUT2D eigenvalue weighted by atomic mass is 10.1. The van der Waals surface area contributed by atoms with E-state index in [0.29, 0.717) is 72.2 Å². The van der Waals surface area contributed by atoms with E-state index in [4.69, 9.17) is 14.2 Å². The lowest BCUT2D eigenvalue weighted by molar-refractivity contribution is 0.0531. The molecule has 1 aromatic heterocycles. The number of piperazine rings is 1. The SMILES string of the molecule is CCc1[nH]c(C(=O)N2CCN(C(=O)c3ccc(OC)c(OC)c3)CC2)c(C)c1C(=O)OC. The van der Waals surface area contributed by atoms with Gasteiger partial charge < -0.3 is 29.0 Å². The molecule has 1 aromatic carbocycles. The lowest BCUT2D eigenvalue weighted by Crippen LogP contribution is -2.50.